The molecule has 0 unspecified atom stereocenters. The van der Waals surface area contributed by atoms with Gasteiger partial charge in [0, 0.05) is 6.42 Å². The van der Waals surface area contributed by atoms with Crippen molar-refractivity contribution in [1.82, 2.24) is 0 Å². The standard InChI is InChI=1S/C10H16O4/c1-6(2)5-8(12)9(7(3)11)10(13)14-4/h6,12H,5H2,1-4H3/b9-8+. The maximum atomic E-state index is 11.1. The lowest BCUT2D eigenvalue weighted by molar-refractivity contribution is -0.137. The van der Waals surface area contributed by atoms with E-state index >= 15 is 0 Å². The summed E-state index contributed by atoms with van der Waals surface area (Å²) in [6.07, 6.45) is 0.296. The van der Waals surface area contributed by atoms with Crippen LogP contribution < -0.4 is 0 Å². The monoisotopic (exact) mass is 200 g/mol. The van der Waals surface area contributed by atoms with E-state index in [1.165, 1.54) is 14.0 Å². The van der Waals surface area contributed by atoms with Crippen LogP contribution in [-0.2, 0) is 14.3 Å². The normalized spacial score (nSPS) is 12.4. The van der Waals surface area contributed by atoms with Crippen molar-refractivity contribution in [2.24, 2.45) is 5.92 Å². The number of carbonyl (C=O) groups is 2. The second-order valence-electron chi connectivity index (χ2n) is 3.47. The molecule has 4 heteroatoms. The average Bonchev–Trinajstić information content (AvgIpc) is 2.01. The number of rotatable bonds is 4. The fraction of sp³-hybridized carbons (Fsp3) is 0.600. The topological polar surface area (TPSA) is 63.6 Å². The number of hydrogen-bond acceptors (Lipinski definition) is 4. The van der Waals surface area contributed by atoms with E-state index in [0.717, 1.165) is 0 Å². The van der Waals surface area contributed by atoms with E-state index in [0.29, 0.717) is 6.42 Å². The summed E-state index contributed by atoms with van der Waals surface area (Å²) in [6.45, 7) is 4.99. The number of methoxy groups -OCH3 is 1. The van der Waals surface area contributed by atoms with E-state index < -0.39 is 11.8 Å². The van der Waals surface area contributed by atoms with Crippen LogP contribution in [0, 0.1) is 5.92 Å². The molecule has 1 N–H and O–H groups in total. The molecule has 0 saturated heterocycles. The predicted octanol–water partition coefficient (Wildman–Crippen LogP) is 1.61. The fourth-order valence-corrected chi connectivity index (χ4v) is 1.06. The lowest BCUT2D eigenvalue weighted by Gasteiger charge is -2.07. The van der Waals surface area contributed by atoms with Crippen molar-refractivity contribution in [3.63, 3.8) is 0 Å². The van der Waals surface area contributed by atoms with Crippen LogP contribution in [0.15, 0.2) is 11.3 Å². The Balaban J connectivity index is 4.95. The van der Waals surface area contributed by atoms with Crippen molar-refractivity contribution in [1.29, 1.82) is 0 Å². The highest BCUT2D eigenvalue weighted by molar-refractivity contribution is 6.16. The first-order valence-corrected chi connectivity index (χ1v) is 4.41. The van der Waals surface area contributed by atoms with Gasteiger partial charge in [0.15, 0.2) is 5.78 Å². The average molecular weight is 200 g/mol. The van der Waals surface area contributed by atoms with E-state index in [9.17, 15) is 14.7 Å². The Kier molecular flexibility index (Phi) is 4.91. The molecule has 80 valence electrons. The Morgan fingerprint density at radius 1 is 1.36 bits per heavy atom. The van der Waals surface area contributed by atoms with Crippen LogP contribution in [0.4, 0.5) is 0 Å². The van der Waals surface area contributed by atoms with Crippen LogP contribution in [0.25, 0.3) is 0 Å². The molecule has 14 heavy (non-hydrogen) atoms. The number of carbonyl (C=O) groups excluding carboxylic acids is 2. The zero-order valence-electron chi connectivity index (χ0n) is 8.96. The highest BCUT2D eigenvalue weighted by atomic mass is 16.5. The largest absolute Gasteiger partial charge is 0.511 e. The van der Waals surface area contributed by atoms with Crippen LogP contribution >= 0.6 is 0 Å². The quantitative estimate of drug-likeness (QED) is 0.246. The number of Topliss-reactive ketones (excluding diaryl/α,β-unsaturated/α-hetero) is 1. The van der Waals surface area contributed by atoms with Crippen molar-refractivity contribution >= 4 is 11.8 Å². The van der Waals surface area contributed by atoms with Gasteiger partial charge in [-0.05, 0) is 12.8 Å². The van der Waals surface area contributed by atoms with E-state index in [-0.39, 0.29) is 17.3 Å². The Labute approximate surface area is 83.6 Å². The van der Waals surface area contributed by atoms with Crippen molar-refractivity contribution in [3.05, 3.63) is 11.3 Å². The van der Waals surface area contributed by atoms with Crippen LogP contribution in [-0.4, -0.2) is 24.0 Å². The minimum absolute atomic E-state index is 0.175. The smallest absolute Gasteiger partial charge is 0.344 e. The molecule has 0 atom stereocenters. The number of ether oxygens (including phenoxy) is 1. The third kappa shape index (κ3) is 3.60. The maximum Gasteiger partial charge on any atom is 0.344 e. The number of hydrogen-bond donors (Lipinski definition) is 1. The zero-order chi connectivity index (χ0) is 11.3. The van der Waals surface area contributed by atoms with Crippen LogP contribution in [0.2, 0.25) is 0 Å². The number of esters is 1. The molecule has 0 heterocycles. The molecule has 0 fully saturated rings. The first-order chi connectivity index (χ1) is 6.40. The van der Waals surface area contributed by atoms with Gasteiger partial charge in [-0.1, -0.05) is 13.8 Å². The molecule has 0 aromatic rings. The molecule has 0 bridgehead atoms. The van der Waals surface area contributed by atoms with Gasteiger partial charge in [-0.15, -0.1) is 0 Å². The molecular formula is C10H16O4. The zero-order valence-corrected chi connectivity index (χ0v) is 8.96. The molecule has 0 spiro atoms. The SMILES string of the molecule is COC(=O)/C(C(C)=O)=C(/O)CC(C)C. The van der Waals surface area contributed by atoms with Gasteiger partial charge in [0.25, 0.3) is 0 Å². The van der Waals surface area contributed by atoms with Gasteiger partial charge in [0.1, 0.15) is 11.3 Å². The highest BCUT2D eigenvalue weighted by Crippen LogP contribution is 2.14. The Morgan fingerprint density at radius 3 is 2.14 bits per heavy atom. The first kappa shape index (κ1) is 12.7. The number of aliphatic hydroxyl groups is 1. The van der Waals surface area contributed by atoms with Crippen LogP contribution in [0.5, 0.6) is 0 Å². The van der Waals surface area contributed by atoms with Crippen LogP contribution in [0.3, 0.4) is 0 Å². The summed E-state index contributed by atoms with van der Waals surface area (Å²) < 4.78 is 4.40. The lowest BCUT2D eigenvalue weighted by atomic mass is 10.0. The molecule has 0 aliphatic heterocycles. The summed E-state index contributed by atoms with van der Waals surface area (Å²) in [7, 11) is 1.17. The van der Waals surface area contributed by atoms with E-state index in [4.69, 9.17) is 0 Å². The van der Waals surface area contributed by atoms with Crippen LogP contribution in [0.1, 0.15) is 27.2 Å². The second-order valence-corrected chi connectivity index (χ2v) is 3.47. The molecule has 0 aliphatic rings. The van der Waals surface area contributed by atoms with Gasteiger partial charge in [-0.2, -0.15) is 0 Å². The summed E-state index contributed by atoms with van der Waals surface area (Å²) >= 11 is 0. The lowest BCUT2D eigenvalue weighted by Crippen LogP contribution is -2.15. The first-order valence-electron chi connectivity index (χ1n) is 4.41. The summed E-state index contributed by atoms with van der Waals surface area (Å²) in [5, 5.41) is 9.51. The van der Waals surface area contributed by atoms with Crippen molar-refractivity contribution in [2.75, 3.05) is 7.11 Å². The summed E-state index contributed by atoms with van der Waals surface area (Å²) in [5.74, 6) is -1.28. The molecule has 0 aliphatic carbocycles. The van der Waals surface area contributed by atoms with Gasteiger partial charge >= 0.3 is 5.97 Å². The fourth-order valence-electron chi connectivity index (χ4n) is 1.06. The molecule has 0 aromatic carbocycles. The van der Waals surface area contributed by atoms with Crippen molar-refractivity contribution < 1.29 is 19.4 Å². The third-order valence-electron chi connectivity index (χ3n) is 1.63. The molecule has 0 saturated carbocycles. The molecular weight excluding hydrogens is 184 g/mol. The van der Waals surface area contributed by atoms with Gasteiger partial charge < -0.3 is 9.84 Å². The van der Waals surface area contributed by atoms with E-state index in [1.54, 1.807) is 0 Å². The predicted molar refractivity (Wildman–Crippen MR) is 51.8 cm³/mol. The summed E-state index contributed by atoms with van der Waals surface area (Å²) in [5.41, 5.74) is -0.249. The van der Waals surface area contributed by atoms with E-state index in [2.05, 4.69) is 4.74 Å². The van der Waals surface area contributed by atoms with Crippen molar-refractivity contribution in [2.45, 2.75) is 27.2 Å². The molecule has 0 rings (SSSR count). The van der Waals surface area contributed by atoms with Gasteiger partial charge in [-0.3, -0.25) is 4.79 Å². The minimum Gasteiger partial charge on any atom is -0.511 e. The summed E-state index contributed by atoms with van der Waals surface area (Å²) in [4.78, 5) is 22.2. The summed E-state index contributed by atoms with van der Waals surface area (Å²) in [6, 6.07) is 0. The third-order valence-corrected chi connectivity index (χ3v) is 1.63. The Hall–Kier alpha value is -1.32. The van der Waals surface area contributed by atoms with Crippen molar-refractivity contribution in [3.8, 4) is 0 Å². The maximum absolute atomic E-state index is 11.1. The number of aliphatic hydroxyl groups excluding tert-OH is 1. The Bertz CT molecular complexity index is 263. The van der Waals surface area contributed by atoms with Gasteiger partial charge in [0.2, 0.25) is 0 Å². The van der Waals surface area contributed by atoms with E-state index in [1.807, 2.05) is 13.8 Å². The number of ketones is 1. The molecule has 0 aromatic heterocycles. The van der Waals surface area contributed by atoms with Gasteiger partial charge in [-0.25, -0.2) is 4.79 Å². The second kappa shape index (κ2) is 5.42. The highest BCUT2D eigenvalue weighted by Gasteiger charge is 2.20. The molecule has 0 radical (unpaired) electrons. The van der Waals surface area contributed by atoms with Gasteiger partial charge in [0.05, 0.1) is 7.11 Å². The molecule has 0 amide bonds. The molecule has 4 nitrogen and oxygen atoms in total. The minimum atomic E-state index is -0.782. The Morgan fingerprint density at radius 2 is 1.86 bits per heavy atom. The number of allylic oxidation sites excluding steroid dienone is 1.